The van der Waals surface area contributed by atoms with Gasteiger partial charge in [0.25, 0.3) is 5.91 Å². The molecule has 0 aliphatic rings. The lowest BCUT2D eigenvalue weighted by Gasteiger charge is -2.05. The zero-order valence-electron chi connectivity index (χ0n) is 8.58. The molecule has 1 aromatic rings. The molecule has 0 aliphatic carbocycles. The Balaban J connectivity index is 2.56. The highest BCUT2D eigenvalue weighted by Gasteiger charge is 2.09. The van der Waals surface area contributed by atoms with Gasteiger partial charge in [-0.05, 0) is 25.5 Å². The fourth-order valence-corrected chi connectivity index (χ4v) is 1.21. The standard InChI is InChI=1S/C10H16N2O2/c1-8-4-5-9(12(8)2)10(14)11-6-3-7-13/h4-5,13H,3,6-7H2,1-2H3,(H,11,14). The van der Waals surface area contributed by atoms with E-state index in [1.54, 1.807) is 6.07 Å². The van der Waals surface area contributed by atoms with E-state index in [1.807, 2.05) is 24.6 Å². The molecule has 1 amide bonds. The molecule has 0 bridgehead atoms. The van der Waals surface area contributed by atoms with Crippen molar-refractivity contribution in [2.24, 2.45) is 7.05 Å². The van der Waals surface area contributed by atoms with Gasteiger partial charge in [0.2, 0.25) is 0 Å². The van der Waals surface area contributed by atoms with Crippen LogP contribution in [0.4, 0.5) is 0 Å². The molecule has 0 aliphatic heterocycles. The summed E-state index contributed by atoms with van der Waals surface area (Å²) in [5.74, 6) is -0.0888. The van der Waals surface area contributed by atoms with E-state index in [-0.39, 0.29) is 12.5 Å². The van der Waals surface area contributed by atoms with E-state index in [2.05, 4.69) is 5.32 Å². The average Bonchev–Trinajstić information content (AvgIpc) is 2.48. The first kappa shape index (κ1) is 10.8. The Morgan fingerprint density at radius 1 is 1.57 bits per heavy atom. The van der Waals surface area contributed by atoms with Crippen molar-refractivity contribution in [3.8, 4) is 0 Å². The van der Waals surface area contributed by atoms with Crippen molar-refractivity contribution in [3.05, 3.63) is 23.5 Å². The molecule has 0 saturated heterocycles. The van der Waals surface area contributed by atoms with Gasteiger partial charge in [0.15, 0.2) is 0 Å². The Hall–Kier alpha value is -1.29. The molecule has 78 valence electrons. The lowest BCUT2D eigenvalue weighted by atomic mass is 10.4. The smallest absolute Gasteiger partial charge is 0.267 e. The molecule has 2 N–H and O–H groups in total. The average molecular weight is 196 g/mol. The maximum atomic E-state index is 11.5. The highest BCUT2D eigenvalue weighted by atomic mass is 16.3. The van der Waals surface area contributed by atoms with Gasteiger partial charge in [0, 0.05) is 25.9 Å². The minimum atomic E-state index is -0.0888. The van der Waals surface area contributed by atoms with E-state index in [0.29, 0.717) is 18.7 Å². The molecule has 1 aromatic heterocycles. The van der Waals surface area contributed by atoms with Gasteiger partial charge in [0.05, 0.1) is 0 Å². The second-order valence-electron chi connectivity index (χ2n) is 3.25. The van der Waals surface area contributed by atoms with Gasteiger partial charge in [0.1, 0.15) is 5.69 Å². The number of aromatic nitrogens is 1. The first-order chi connectivity index (χ1) is 6.66. The molecule has 4 nitrogen and oxygen atoms in total. The van der Waals surface area contributed by atoms with Crippen molar-refractivity contribution < 1.29 is 9.90 Å². The maximum Gasteiger partial charge on any atom is 0.267 e. The van der Waals surface area contributed by atoms with E-state index in [9.17, 15) is 4.79 Å². The molecule has 0 spiro atoms. The van der Waals surface area contributed by atoms with E-state index in [0.717, 1.165) is 5.69 Å². The van der Waals surface area contributed by atoms with Crippen LogP contribution in [0.25, 0.3) is 0 Å². The zero-order chi connectivity index (χ0) is 10.6. The van der Waals surface area contributed by atoms with Crippen LogP contribution in [0.5, 0.6) is 0 Å². The minimum Gasteiger partial charge on any atom is -0.396 e. The number of hydrogen-bond donors (Lipinski definition) is 2. The number of carbonyl (C=O) groups is 1. The van der Waals surface area contributed by atoms with Crippen molar-refractivity contribution >= 4 is 5.91 Å². The number of aryl methyl sites for hydroxylation is 1. The molecule has 1 rings (SSSR count). The third kappa shape index (κ3) is 2.35. The number of carbonyl (C=O) groups excluding carboxylic acids is 1. The minimum absolute atomic E-state index is 0.0888. The summed E-state index contributed by atoms with van der Waals surface area (Å²) in [5, 5.41) is 11.3. The summed E-state index contributed by atoms with van der Waals surface area (Å²) in [6.45, 7) is 2.57. The first-order valence-electron chi connectivity index (χ1n) is 4.68. The lowest BCUT2D eigenvalue weighted by Crippen LogP contribution is -2.26. The number of hydrogen-bond acceptors (Lipinski definition) is 2. The van der Waals surface area contributed by atoms with Gasteiger partial charge < -0.3 is 15.0 Å². The molecule has 4 heteroatoms. The fourth-order valence-electron chi connectivity index (χ4n) is 1.21. The molecule has 0 atom stereocenters. The van der Waals surface area contributed by atoms with Gasteiger partial charge in [-0.3, -0.25) is 4.79 Å². The summed E-state index contributed by atoms with van der Waals surface area (Å²) in [7, 11) is 1.86. The van der Waals surface area contributed by atoms with Crippen LogP contribution < -0.4 is 5.32 Å². The van der Waals surface area contributed by atoms with E-state index in [4.69, 9.17) is 5.11 Å². The summed E-state index contributed by atoms with van der Waals surface area (Å²) in [6.07, 6.45) is 0.592. The molecule has 0 fully saturated rings. The van der Waals surface area contributed by atoms with Crippen LogP contribution in [-0.4, -0.2) is 28.7 Å². The van der Waals surface area contributed by atoms with Crippen molar-refractivity contribution in [1.82, 2.24) is 9.88 Å². The van der Waals surface area contributed by atoms with Gasteiger partial charge in [-0.1, -0.05) is 0 Å². The summed E-state index contributed by atoms with van der Waals surface area (Å²) in [5.41, 5.74) is 1.71. The Morgan fingerprint density at radius 3 is 2.79 bits per heavy atom. The van der Waals surface area contributed by atoms with Crippen molar-refractivity contribution in [1.29, 1.82) is 0 Å². The van der Waals surface area contributed by atoms with E-state index in [1.165, 1.54) is 0 Å². The summed E-state index contributed by atoms with van der Waals surface area (Å²) >= 11 is 0. The normalized spacial score (nSPS) is 10.2. The number of nitrogens with zero attached hydrogens (tertiary/aromatic N) is 1. The fraction of sp³-hybridized carbons (Fsp3) is 0.500. The van der Waals surface area contributed by atoms with E-state index < -0.39 is 0 Å². The Bertz CT molecular complexity index is 318. The molecule has 1 heterocycles. The summed E-state index contributed by atoms with van der Waals surface area (Å²) in [6, 6.07) is 3.70. The molecule has 0 radical (unpaired) electrons. The Labute approximate surface area is 83.5 Å². The first-order valence-corrected chi connectivity index (χ1v) is 4.68. The third-order valence-electron chi connectivity index (χ3n) is 2.23. The van der Waals surface area contributed by atoms with Crippen molar-refractivity contribution in [3.63, 3.8) is 0 Å². The van der Waals surface area contributed by atoms with Gasteiger partial charge in [-0.2, -0.15) is 0 Å². The quantitative estimate of drug-likeness (QED) is 0.687. The van der Waals surface area contributed by atoms with Crippen LogP contribution in [0, 0.1) is 6.92 Å². The van der Waals surface area contributed by atoms with Crippen LogP contribution in [0.3, 0.4) is 0 Å². The monoisotopic (exact) mass is 196 g/mol. The largest absolute Gasteiger partial charge is 0.396 e. The second kappa shape index (κ2) is 4.81. The van der Waals surface area contributed by atoms with Crippen molar-refractivity contribution in [2.45, 2.75) is 13.3 Å². The molecule has 14 heavy (non-hydrogen) atoms. The lowest BCUT2D eigenvalue weighted by molar-refractivity contribution is 0.0943. The number of aliphatic hydroxyl groups is 1. The third-order valence-corrected chi connectivity index (χ3v) is 2.23. The SMILES string of the molecule is Cc1ccc(C(=O)NCCCO)n1C. The molecular weight excluding hydrogens is 180 g/mol. The Morgan fingerprint density at radius 2 is 2.29 bits per heavy atom. The number of rotatable bonds is 4. The molecule has 0 saturated carbocycles. The Kier molecular flexibility index (Phi) is 3.71. The number of nitrogens with one attached hydrogen (secondary N) is 1. The number of aliphatic hydroxyl groups excluding tert-OH is 1. The zero-order valence-corrected chi connectivity index (χ0v) is 8.58. The molecule has 0 aromatic carbocycles. The van der Waals surface area contributed by atoms with Gasteiger partial charge >= 0.3 is 0 Å². The predicted molar refractivity (Wildman–Crippen MR) is 54.2 cm³/mol. The van der Waals surface area contributed by atoms with Crippen LogP contribution in [0.15, 0.2) is 12.1 Å². The van der Waals surface area contributed by atoms with Crippen LogP contribution in [-0.2, 0) is 7.05 Å². The predicted octanol–water partition coefficient (Wildman–Crippen LogP) is 0.446. The van der Waals surface area contributed by atoms with Crippen LogP contribution in [0.1, 0.15) is 22.6 Å². The molecule has 0 unspecified atom stereocenters. The van der Waals surface area contributed by atoms with Gasteiger partial charge in [-0.25, -0.2) is 0 Å². The number of amides is 1. The maximum absolute atomic E-state index is 11.5. The highest BCUT2D eigenvalue weighted by Crippen LogP contribution is 2.05. The summed E-state index contributed by atoms with van der Waals surface area (Å²) in [4.78, 5) is 11.5. The van der Waals surface area contributed by atoms with Crippen molar-refractivity contribution in [2.75, 3.05) is 13.2 Å². The highest BCUT2D eigenvalue weighted by molar-refractivity contribution is 5.92. The van der Waals surface area contributed by atoms with Gasteiger partial charge in [-0.15, -0.1) is 0 Å². The van der Waals surface area contributed by atoms with Crippen LogP contribution >= 0.6 is 0 Å². The van der Waals surface area contributed by atoms with Crippen LogP contribution in [0.2, 0.25) is 0 Å². The summed E-state index contributed by atoms with van der Waals surface area (Å²) < 4.78 is 1.84. The topological polar surface area (TPSA) is 54.3 Å². The van der Waals surface area contributed by atoms with E-state index >= 15 is 0 Å². The second-order valence-corrected chi connectivity index (χ2v) is 3.25. The molecular formula is C10H16N2O2.